The van der Waals surface area contributed by atoms with E-state index >= 15 is 0 Å². The molecule has 0 amide bonds. The zero-order valence-electron chi connectivity index (χ0n) is 14.2. The van der Waals surface area contributed by atoms with E-state index in [9.17, 15) is 0 Å². The molecule has 4 heteroatoms. The lowest BCUT2D eigenvalue weighted by atomic mass is 10.4. The predicted molar refractivity (Wildman–Crippen MR) is 109 cm³/mol. The molecule has 0 saturated carbocycles. The highest BCUT2D eigenvalue weighted by atomic mass is 31.2. The molecule has 1 aliphatic heterocycles. The highest BCUT2D eigenvalue weighted by molar-refractivity contribution is 7.97. The molecule has 22 heavy (non-hydrogen) atoms. The van der Waals surface area contributed by atoms with Crippen LogP contribution >= 0.6 is 7.04 Å². The second-order valence-corrected chi connectivity index (χ2v) is 20.3. The smallest absolute Gasteiger partial charge is 0.0676 e. The van der Waals surface area contributed by atoms with Gasteiger partial charge in [-0.25, -0.2) is 0 Å². The van der Waals surface area contributed by atoms with Crippen LogP contribution in [-0.2, 0) is 0 Å². The van der Waals surface area contributed by atoms with Crippen molar-refractivity contribution in [2.75, 3.05) is 0 Å². The Labute approximate surface area is 136 Å². The molecular weight excluding hydrogens is 317 g/mol. The topological polar surface area (TPSA) is 14.1 Å². The molecule has 0 radical (unpaired) electrons. The Bertz CT molecular complexity index is 745. The Morgan fingerprint density at radius 1 is 0.909 bits per heavy atom. The third kappa shape index (κ3) is 2.72. The van der Waals surface area contributed by atoms with Gasteiger partial charge in [-0.3, -0.25) is 0 Å². The summed E-state index contributed by atoms with van der Waals surface area (Å²) in [5.74, 6) is 0. The molecule has 1 nitrogen and oxygen atoms in total. The number of rotatable bonds is 2. The number of fused-ring (bicyclic) bond motifs is 1. The minimum atomic E-state index is -1.71. The largest absolute Gasteiger partial charge is 0.627 e. The van der Waals surface area contributed by atoms with Crippen LogP contribution in [0.2, 0.25) is 32.7 Å². The minimum Gasteiger partial charge on any atom is -0.627 e. The van der Waals surface area contributed by atoms with Crippen molar-refractivity contribution in [3.63, 3.8) is 0 Å². The molecule has 0 bridgehead atoms. The van der Waals surface area contributed by atoms with Crippen molar-refractivity contribution in [3.05, 3.63) is 59.4 Å². The molecule has 1 aliphatic rings. The first-order valence-corrected chi connectivity index (χ1v) is 16.2. The molecule has 3 rings (SSSR count). The third-order valence-electron chi connectivity index (χ3n) is 4.06. The molecule has 2 aromatic rings. The Morgan fingerprint density at radius 3 is 2.14 bits per heavy atom. The summed E-state index contributed by atoms with van der Waals surface area (Å²) in [4.78, 5) is 0. The first-order valence-electron chi connectivity index (χ1n) is 7.91. The van der Waals surface area contributed by atoms with Crippen LogP contribution in [-0.4, -0.2) is 21.7 Å². The average Bonchev–Trinajstić information content (AvgIpc) is 2.68. The fourth-order valence-electron chi connectivity index (χ4n) is 3.38. The summed E-state index contributed by atoms with van der Waals surface area (Å²) in [5.41, 5.74) is 2.69. The van der Waals surface area contributed by atoms with E-state index in [1.807, 2.05) is 0 Å². The van der Waals surface area contributed by atoms with E-state index in [0.29, 0.717) is 0 Å². The summed E-state index contributed by atoms with van der Waals surface area (Å²) >= 11 is 0. The maximum atomic E-state index is 5.60. The molecule has 0 aliphatic carbocycles. The van der Waals surface area contributed by atoms with Crippen LogP contribution < -0.4 is 15.8 Å². The number of nitrogens with zero attached hydrogens (tertiary/aromatic N) is 1. The van der Waals surface area contributed by atoms with Crippen LogP contribution in [0.3, 0.4) is 0 Å². The van der Waals surface area contributed by atoms with Crippen molar-refractivity contribution in [2.45, 2.75) is 32.7 Å². The standard InChI is InChI=1S/C18H25NPSi2/c1-21(2,3)15-20(16-11-7-6-8-12-16)17-13-9-10-14-18(17)22(4,5)19-20/h6-15H,1-5H3/q-1. The van der Waals surface area contributed by atoms with Crippen molar-refractivity contribution < 1.29 is 0 Å². The van der Waals surface area contributed by atoms with Gasteiger partial charge in [0.15, 0.2) is 0 Å². The van der Waals surface area contributed by atoms with Gasteiger partial charge < -0.3 is 4.75 Å². The molecule has 1 heterocycles. The summed E-state index contributed by atoms with van der Waals surface area (Å²) in [6, 6.07) is 20.1. The van der Waals surface area contributed by atoms with Gasteiger partial charge in [-0.05, 0) is 18.8 Å². The molecule has 0 aromatic heterocycles. The third-order valence-corrected chi connectivity index (χ3v) is 16.1. The van der Waals surface area contributed by atoms with Crippen molar-refractivity contribution in [1.82, 2.24) is 0 Å². The lowest BCUT2D eigenvalue weighted by Crippen LogP contribution is -2.41. The zero-order chi connectivity index (χ0) is 16.0. The lowest BCUT2D eigenvalue weighted by Gasteiger charge is -2.43. The fourth-order valence-corrected chi connectivity index (χ4v) is 18.4. The lowest BCUT2D eigenvalue weighted by molar-refractivity contribution is 1.77. The van der Waals surface area contributed by atoms with E-state index in [1.54, 1.807) is 5.19 Å². The highest BCUT2D eigenvalue weighted by Crippen LogP contribution is 2.58. The van der Waals surface area contributed by atoms with E-state index in [0.717, 1.165) is 0 Å². The SMILES string of the molecule is C[Si](C)(C)C=P1(c2ccccc2)[N-][Si](C)(C)c2ccccc21. The summed E-state index contributed by atoms with van der Waals surface area (Å²) in [6.07, 6.45) is 0. The van der Waals surface area contributed by atoms with Gasteiger partial charge in [0.25, 0.3) is 0 Å². The fraction of sp³-hybridized carbons (Fsp3) is 0.278. The molecule has 116 valence electrons. The van der Waals surface area contributed by atoms with Gasteiger partial charge >= 0.3 is 0 Å². The van der Waals surface area contributed by atoms with Gasteiger partial charge in [0.1, 0.15) is 0 Å². The monoisotopic (exact) mass is 342 g/mol. The van der Waals surface area contributed by atoms with Gasteiger partial charge in [0.2, 0.25) is 0 Å². The average molecular weight is 343 g/mol. The molecule has 0 spiro atoms. The Balaban J connectivity index is 2.38. The van der Waals surface area contributed by atoms with E-state index < -0.39 is 23.3 Å². The zero-order valence-corrected chi connectivity index (χ0v) is 17.1. The maximum absolute atomic E-state index is 5.60. The highest BCUT2D eigenvalue weighted by Gasteiger charge is 2.32. The van der Waals surface area contributed by atoms with E-state index in [-0.39, 0.29) is 0 Å². The first-order chi connectivity index (χ1) is 10.2. The molecule has 1 unspecified atom stereocenters. The van der Waals surface area contributed by atoms with Crippen LogP contribution in [0.5, 0.6) is 0 Å². The Kier molecular flexibility index (Phi) is 3.89. The molecule has 2 aromatic carbocycles. The van der Waals surface area contributed by atoms with Crippen LogP contribution in [0.25, 0.3) is 4.75 Å². The first kappa shape index (κ1) is 16.0. The number of hydrogen-bond acceptors (Lipinski definition) is 0. The second kappa shape index (κ2) is 5.35. The molecule has 0 saturated heterocycles. The summed E-state index contributed by atoms with van der Waals surface area (Å²) in [6.45, 7) is 12.1. The van der Waals surface area contributed by atoms with Crippen molar-refractivity contribution in [2.24, 2.45) is 0 Å². The molecule has 0 fully saturated rings. The van der Waals surface area contributed by atoms with Crippen molar-refractivity contribution in [3.8, 4) is 0 Å². The summed E-state index contributed by atoms with van der Waals surface area (Å²) in [5, 5.41) is 4.50. The molecule has 1 atom stereocenters. The maximum Gasteiger partial charge on any atom is 0.0676 e. The summed E-state index contributed by atoms with van der Waals surface area (Å²) in [7, 11) is -4.78. The van der Waals surface area contributed by atoms with Gasteiger partial charge in [-0.2, -0.15) is 7.04 Å². The summed E-state index contributed by atoms with van der Waals surface area (Å²) < 4.78 is 5.60. The molecular formula is C18H25NPSi2-. The minimum absolute atomic E-state index is 1.36. The predicted octanol–water partition coefficient (Wildman–Crippen LogP) is 4.05. The normalized spacial score (nSPS) is 23.1. The van der Waals surface area contributed by atoms with E-state index in [1.165, 1.54) is 10.6 Å². The van der Waals surface area contributed by atoms with Crippen LogP contribution in [0.4, 0.5) is 0 Å². The van der Waals surface area contributed by atoms with Gasteiger partial charge in [-0.1, -0.05) is 92.5 Å². The van der Waals surface area contributed by atoms with Crippen LogP contribution in [0.15, 0.2) is 54.6 Å². The van der Waals surface area contributed by atoms with E-state index in [2.05, 4.69) is 92.8 Å². The quantitative estimate of drug-likeness (QED) is 0.577. The van der Waals surface area contributed by atoms with Crippen molar-refractivity contribution in [1.29, 1.82) is 0 Å². The van der Waals surface area contributed by atoms with Gasteiger partial charge in [0.05, 0.1) is 8.07 Å². The van der Waals surface area contributed by atoms with Crippen molar-refractivity contribution >= 4 is 44.6 Å². The van der Waals surface area contributed by atoms with Crippen LogP contribution in [0, 0.1) is 0 Å². The van der Waals surface area contributed by atoms with Gasteiger partial charge in [-0.15, -0.1) is 5.42 Å². The number of hydrogen-bond donors (Lipinski definition) is 0. The van der Waals surface area contributed by atoms with Crippen LogP contribution in [0.1, 0.15) is 0 Å². The second-order valence-electron chi connectivity index (χ2n) is 7.69. The Morgan fingerprint density at radius 2 is 1.50 bits per heavy atom. The Hall–Kier alpha value is -0.866. The molecule has 0 N–H and O–H groups in total. The van der Waals surface area contributed by atoms with E-state index in [4.69, 9.17) is 4.75 Å². The number of benzene rings is 2. The van der Waals surface area contributed by atoms with Gasteiger partial charge in [0, 0.05) is 0 Å².